The second-order valence-corrected chi connectivity index (χ2v) is 4.49. The van der Waals surface area contributed by atoms with E-state index >= 15 is 0 Å². The summed E-state index contributed by atoms with van der Waals surface area (Å²) in [5, 5.41) is 6.01. The molecule has 5 nitrogen and oxygen atoms in total. The molecule has 1 amide bonds. The molecule has 1 unspecified atom stereocenters. The van der Waals surface area contributed by atoms with Gasteiger partial charge in [0.2, 0.25) is 0 Å². The predicted molar refractivity (Wildman–Crippen MR) is 73.9 cm³/mol. The first kappa shape index (κ1) is 14.4. The highest BCUT2D eigenvalue weighted by Crippen LogP contribution is 2.05. The number of carbonyl (C=O) groups excluding carboxylic acids is 1. The van der Waals surface area contributed by atoms with Gasteiger partial charge in [-0.2, -0.15) is 0 Å². The smallest absolute Gasteiger partial charge is 0.269 e. The van der Waals surface area contributed by atoms with Gasteiger partial charge in [-0.15, -0.1) is 0 Å². The topological polar surface area (TPSA) is 57.3 Å². The molecule has 18 heavy (non-hydrogen) atoms. The molecular weight excluding hydrogens is 228 g/mol. The van der Waals surface area contributed by atoms with Gasteiger partial charge in [-0.05, 0) is 40.1 Å². The molecule has 0 aliphatic heterocycles. The Morgan fingerprint density at radius 3 is 2.67 bits per heavy atom. The zero-order chi connectivity index (χ0) is 13.5. The molecule has 0 aliphatic rings. The molecule has 0 aromatic carbocycles. The minimum absolute atomic E-state index is 0.133. The standard InChI is InChI=1S/C13H22N4O/c1-5-14-11-6-7-12(15-9-11)13(18)16-8-10(2)17(3)4/h6-7,9-10,14H,5,8H2,1-4H3,(H,16,18). The maximum Gasteiger partial charge on any atom is 0.269 e. The highest BCUT2D eigenvalue weighted by atomic mass is 16.1. The second-order valence-electron chi connectivity index (χ2n) is 4.49. The first-order valence-electron chi connectivity index (χ1n) is 6.19. The van der Waals surface area contributed by atoms with Crippen molar-refractivity contribution in [3.8, 4) is 0 Å². The van der Waals surface area contributed by atoms with E-state index in [0.717, 1.165) is 12.2 Å². The number of likely N-dealkylation sites (N-methyl/N-ethyl adjacent to an activating group) is 1. The fraction of sp³-hybridized carbons (Fsp3) is 0.538. The highest BCUT2D eigenvalue weighted by molar-refractivity contribution is 5.92. The van der Waals surface area contributed by atoms with E-state index in [4.69, 9.17) is 0 Å². The van der Waals surface area contributed by atoms with E-state index in [1.54, 1.807) is 12.3 Å². The lowest BCUT2D eigenvalue weighted by molar-refractivity contribution is 0.0938. The van der Waals surface area contributed by atoms with Crippen molar-refractivity contribution in [2.75, 3.05) is 32.5 Å². The van der Waals surface area contributed by atoms with Gasteiger partial charge in [-0.3, -0.25) is 4.79 Å². The Morgan fingerprint density at radius 2 is 2.17 bits per heavy atom. The number of hydrogen-bond acceptors (Lipinski definition) is 4. The lowest BCUT2D eigenvalue weighted by Crippen LogP contribution is -2.38. The van der Waals surface area contributed by atoms with E-state index in [1.165, 1.54) is 0 Å². The molecule has 1 aromatic heterocycles. The Morgan fingerprint density at radius 1 is 1.44 bits per heavy atom. The van der Waals surface area contributed by atoms with E-state index in [2.05, 4.69) is 27.4 Å². The van der Waals surface area contributed by atoms with Gasteiger partial charge in [0.1, 0.15) is 5.69 Å². The quantitative estimate of drug-likeness (QED) is 0.796. The summed E-state index contributed by atoms with van der Waals surface area (Å²) in [6.45, 7) is 5.53. The number of pyridine rings is 1. The van der Waals surface area contributed by atoms with Crippen molar-refractivity contribution in [1.82, 2.24) is 15.2 Å². The van der Waals surface area contributed by atoms with E-state index in [1.807, 2.05) is 27.1 Å². The summed E-state index contributed by atoms with van der Waals surface area (Å²) in [4.78, 5) is 18.0. The molecular formula is C13H22N4O. The molecule has 0 spiro atoms. The normalized spacial score (nSPS) is 12.3. The average Bonchev–Trinajstić information content (AvgIpc) is 2.36. The third kappa shape index (κ3) is 4.33. The van der Waals surface area contributed by atoms with Crippen molar-refractivity contribution < 1.29 is 4.79 Å². The van der Waals surface area contributed by atoms with Gasteiger partial charge in [0.25, 0.3) is 5.91 Å². The number of amides is 1. The molecule has 0 aliphatic carbocycles. The fourth-order valence-corrected chi connectivity index (χ4v) is 1.35. The second kappa shape index (κ2) is 6.96. The van der Waals surface area contributed by atoms with Gasteiger partial charge in [0.05, 0.1) is 11.9 Å². The van der Waals surface area contributed by atoms with Crippen LogP contribution in [0, 0.1) is 0 Å². The van der Waals surface area contributed by atoms with E-state index in [0.29, 0.717) is 18.3 Å². The summed E-state index contributed by atoms with van der Waals surface area (Å²) >= 11 is 0. The third-order valence-electron chi connectivity index (χ3n) is 2.82. The molecule has 0 saturated carbocycles. The lowest BCUT2D eigenvalue weighted by atomic mass is 10.3. The van der Waals surface area contributed by atoms with Crippen LogP contribution in [-0.2, 0) is 0 Å². The zero-order valence-electron chi connectivity index (χ0n) is 11.5. The summed E-state index contributed by atoms with van der Waals surface area (Å²) in [6.07, 6.45) is 1.67. The van der Waals surface area contributed by atoms with Crippen LogP contribution in [0.3, 0.4) is 0 Å². The number of aromatic nitrogens is 1. The molecule has 1 heterocycles. The maximum atomic E-state index is 11.8. The largest absolute Gasteiger partial charge is 0.384 e. The Hall–Kier alpha value is -1.62. The summed E-state index contributed by atoms with van der Waals surface area (Å²) < 4.78 is 0. The number of hydrogen-bond donors (Lipinski definition) is 2. The number of nitrogens with one attached hydrogen (secondary N) is 2. The predicted octanol–water partition coefficient (Wildman–Crippen LogP) is 1.19. The number of nitrogens with zero attached hydrogens (tertiary/aromatic N) is 2. The Balaban J connectivity index is 2.51. The van der Waals surface area contributed by atoms with Crippen LogP contribution < -0.4 is 10.6 Å². The zero-order valence-corrected chi connectivity index (χ0v) is 11.5. The molecule has 100 valence electrons. The van der Waals surface area contributed by atoms with Crippen LogP contribution in [0.25, 0.3) is 0 Å². The lowest BCUT2D eigenvalue weighted by Gasteiger charge is -2.19. The summed E-state index contributed by atoms with van der Waals surface area (Å²) in [7, 11) is 3.97. The van der Waals surface area contributed by atoms with Crippen molar-refractivity contribution in [3.05, 3.63) is 24.0 Å². The fourth-order valence-electron chi connectivity index (χ4n) is 1.35. The third-order valence-corrected chi connectivity index (χ3v) is 2.82. The SMILES string of the molecule is CCNc1ccc(C(=O)NCC(C)N(C)C)nc1. The first-order valence-corrected chi connectivity index (χ1v) is 6.19. The van der Waals surface area contributed by atoms with Gasteiger partial charge in [0.15, 0.2) is 0 Å². The van der Waals surface area contributed by atoms with Crippen LogP contribution in [-0.4, -0.2) is 49.0 Å². The maximum absolute atomic E-state index is 11.8. The molecule has 1 rings (SSSR count). The first-order chi connectivity index (χ1) is 8.54. The minimum Gasteiger partial charge on any atom is -0.384 e. The summed E-state index contributed by atoms with van der Waals surface area (Å²) in [5.41, 5.74) is 1.37. The molecule has 0 radical (unpaired) electrons. The van der Waals surface area contributed by atoms with Crippen LogP contribution in [0.2, 0.25) is 0 Å². The van der Waals surface area contributed by atoms with Crippen molar-refractivity contribution in [2.24, 2.45) is 0 Å². The van der Waals surface area contributed by atoms with Crippen molar-refractivity contribution in [2.45, 2.75) is 19.9 Å². The highest BCUT2D eigenvalue weighted by Gasteiger charge is 2.09. The molecule has 5 heteroatoms. The number of anilines is 1. The van der Waals surface area contributed by atoms with E-state index in [9.17, 15) is 4.79 Å². The number of carbonyl (C=O) groups is 1. The van der Waals surface area contributed by atoms with Crippen LogP contribution in [0.1, 0.15) is 24.3 Å². The molecule has 0 saturated heterocycles. The van der Waals surface area contributed by atoms with Crippen LogP contribution in [0.4, 0.5) is 5.69 Å². The van der Waals surface area contributed by atoms with Crippen LogP contribution in [0.15, 0.2) is 18.3 Å². The molecule has 0 bridgehead atoms. The molecule has 1 aromatic rings. The van der Waals surface area contributed by atoms with E-state index in [-0.39, 0.29) is 5.91 Å². The van der Waals surface area contributed by atoms with Crippen LogP contribution in [0.5, 0.6) is 0 Å². The molecule has 2 N–H and O–H groups in total. The van der Waals surface area contributed by atoms with Crippen molar-refractivity contribution in [1.29, 1.82) is 0 Å². The monoisotopic (exact) mass is 250 g/mol. The molecule has 1 atom stereocenters. The Labute approximate surface area is 109 Å². The van der Waals surface area contributed by atoms with Crippen molar-refractivity contribution >= 4 is 11.6 Å². The van der Waals surface area contributed by atoms with Crippen molar-refractivity contribution in [3.63, 3.8) is 0 Å². The van der Waals surface area contributed by atoms with Gasteiger partial charge >= 0.3 is 0 Å². The average molecular weight is 250 g/mol. The molecule has 0 fully saturated rings. The van der Waals surface area contributed by atoms with Gasteiger partial charge in [-0.1, -0.05) is 0 Å². The van der Waals surface area contributed by atoms with Gasteiger partial charge in [0, 0.05) is 19.1 Å². The Kier molecular flexibility index (Phi) is 5.58. The number of rotatable bonds is 6. The van der Waals surface area contributed by atoms with Crippen LogP contribution >= 0.6 is 0 Å². The van der Waals surface area contributed by atoms with E-state index < -0.39 is 0 Å². The summed E-state index contributed by atoms with van der Waals surface area (Å²) in [5.74, 6) is -0.133. The minimum atomic E-state index is -0.133. The summed E-state index contributed by atoms with van der Waals surface area (Å²) in [6, 6.07) is 3.89. The Bertz CT molecular complexity index is 375. The van der Waals surface area contributed by atoms with Gasteiger partial charge < -0.3 is 15.5 Å². The van der Waals surface area contributed by atoms with Gasteiger partial charge in [-0.25, -0.2) is 4.98 Å².